The summed E-state index contributed by atoms with van der Waals surface area (Å²) in [5, 5.41) is 0. The van der Waals surface area contributed by atoms with Crippen molar-refractivity contribution in [1.82, 2.24) is 0 Å². The van der Waals surface area contributed by atoms with E-state index < -0.39 is 23.0 Å². The van der Waals surface area contributed by atoms with Crippen LogP contribution in [0, 0.1) is 5.41 Å². The maximum Gasteiger partial charge on any atom is 0.324 e. The molecule has 1 aliphatic heterocycles. The van der Waals surface area contributed by atoms with Crippen LogP contribution in [0.25, 0.3) is 0 Å². The summed E-state index contributed by atoms with van der Waals surface area (Å²) in [5.74, 6) is -1.01. The number of allylic oxidation sites excluding steroid dienone is 1. The van der Waals surface area contributed by atoms with Gasteiger partial charge in [-0.05, 0) is 27.2 Å². The van der Waals surface area contributed by atoms with E-state index in [0.29, 0.717) is 6.42 Å². The van der Waals surface area contributed by atoms with Crippen LogP contribution in [0.5, 0.6) is 0 Å². The zero-order chi connectivity index (χ0) is 12.4. The number of cyclic esters (lactones) is 1. The lowest BCUT2D eigenvalue weighted by atomic mass is 9.83. The Balaban J connectivity index is 2.90. The molecular weight excluding hydrogens is 208 g/mol. The molecule has 0 N–H and O–H groups in total. The molecular formula is C12H18O4. The van der Waals surface area contributed by atoms with Crippen molar-refractivity contribution >= 4 is 11.9 Å². The third-order valence-electron chi connectivity index (χ3n) is 2.44. The zero-order valence-corrected chi connectivity index (χ0v) is 10.0. The topological polar surface area (TPSA) is 52.6 Å². The lowest BCUT2D eigenvalue weighted by Gasteiger charge is -2.27. The van der Waals surface area contributed by atoms with Gasteiger partial charge < -0.3 is 9.47 Å². The molecule has 90 valence electrons. The van der Waals surface area contributed by atoms with Gasteiger partial charge in [-0.1, -0.05) is 6.08 Å². The molecule has 16 heavy (non-hydrogen) atoms. The molecule has 0 aromatic carbocycles. The highest BCUT2D eigenvalue weighted by Crippen LogP contribution is 2.36. The third kappa shape index (κ3) is 2.43. The Morgan fingerprint density at radius 3 is 2.62 bits per heavy atom. The lowest BCUT2D eigenvalue weighted by Crippen LogP contribution is -2.40. The fraction of sp³-hybridized carbons (Fsp3) is 0.667. The Labute approximate surface area is 95.6 Å². The monoisotopic (exact) mass is 226 g/mol. The van der Waals surface area contributed by atoms with Crippen LogP contribution in [0.3, 0.4) is 0 Å². The van der Waals surface area contributed by atoms with Gasteiger partial charge in [0.1, 0.15) is 5.60 Å². The van der Waals surface area contributed by atoms with Crippen LogP contribution in [0.2, 0.25) is 0 Å². The minimum atomic E-state index is -1.17. The molecule has 1 atom stereocenters. The Morgan fingerprint density at radius 2 is 2.25 bits per heavy atom. The van der Waals surface area contributed by atoms with Crippen molar-refractivity contribution < 1.29 is 19.1 Å². The smallest absolute Gasteiger partial charge is 0.324 e. The van der Waals surface area contributed by atoms with Gasteiger partial charge in [-0.2, -0.15) is 0 Å². The zero-order valence-electron chi connectivity index (χ0n) is 10.0. The highest BCUT2D eigenvalue weighted by molar-refractivity contribution is 6.01. The Bertz CT molecular complexity index is 313. The van der Waals surface area contributed by atoms with Gasteiger partial charge in [-0.25, -0.2) is 0 Å². The molecule has 0 radical (unpaired) electrons. The predicted octanol–water partition coefficient (Wildman–Crippen LogP) is 1.84. The van der Waals surface area contributed by atoms with E-state index in [9.17, 15) is 9.59 Å². The first-order chi connectivity index (χ1) is 7.32. The Morgan fingerprint density at radius 1 is 1.62 bits per heavy atom. The molecule has 0 aromatic rings. The summed E-state index contributed by atoms with van der Waals surface area (Å²) in [7, 11) is 0. The number of hydrogen-bond acceptors (Lipinski definition) is 4. The van der Waals surface area contributed by atoms with Crippen LogP contribution >= 0.6 is 0 Å². The van der Waals surface area contributed by atoms with Crippen molar-refractivity contribution in [2.75, 3.05) is 6.61 Å². The van der Waals surface area contributed by atoms with Crippen molar-refractivity contribution in [3.63, 3.8) is 0 Å². The predicted molar refractivity (Wildman–Crippen MR) is 58.7 cm³/mol. The van der Waals surface area contributed by atoms with Crippen molar-refractivity contribution in [2.45, 2.75) is 39.2 Å². The molecule has 1 fully saturated rings. The van der Waals surface area contributed by atoms with E-state index in [-0.39, 0.29) is 13.0 Å². The molecule has 1 saturated heterocycles. The number of carbonyl (C=O) groups excluding carboxylic acids is 2. The second-order valence-electron chi connectivity index (χ2n) is 4.96. The van der Waals surface area contributed by atoms with Gasteiger partial charge in [-0.15, -0.1) is 6.58 Å². The first kappa shape index (κ1) is 12.7. The standard InChI is InChI=1S/C12H18O4/c1-5-6-12(7-8-15-9(12)13)10(14)16-11(2,3)4/h5H,1,6-8H2,2-4H3/t12-/m1/s1. The largest absolute Gasteiger partial charge is 0.465 e. The fourth-order valence-electron chi connectivity index (χ4n) is 1.63. The first-order valence-corrected chi connectivity index (χ1v) is 5.33. The summed E-state index contributed by atoms with van der Waals surface area (Å²) in [6.45, 7) is 9.15. The number of ether oxygens (including phenoxy) is 2. The molecule has 0 saturated carbocycles. The van der Waals surface area contributed by atoms with E-state index in [2.05, 4.69) is 6.58 Å². The lowest BCUT2D eigenvalue weighted by molar-refractivity contribution is -0.172. The summed E-state index contributed by atoms with van der Waals surface area (Å²) in [6, 6.07) is 0. The maximum absolute atomic E-state index is 12.0. The summed E-state index contributed by atoms with van der Waals surface area (Å²) in [6.07, 6.45) is 2.18. The van der Waals surface area contributed by atoms with Crippen LogP contribution in [0.15, 0.2) is 12.7 Å². The summed E-state index contributed by atoms with van der Waals surface area (Å²) < 4.78 is 10.1. The quantitative estimate of drug-likeness (QED) is 0.418. The van der Waals surface area contributed by atoms with E-state index in [1.54, 1.807) is 26.8 Å². The molecule has 0 amide bonds. The molecule has 1 heterocycles. The minimum absolute atomic E-state index is 0.265. The van der Waals surface area contributed by atoms with Gasteiger partial charge in [0, 0.05) is 6.42 Å². The van der Waals surface area contributed by atoms with Crippen molar-refractivity contribution in [3.8, 4) is 0 Å². The molecule has 1 rings (SSSR count). The van der Waals surface area contributed by atoms with Gasteiger partial charge in [0.15, 0.2) is 5.41 Å². The average molecular weight is 226 g/mol. The number of carbonyl (C=O) groups is 2. The summed E-state index contributed by atoms with van der Waals surface area (Å²) >= 11 is 0. The number of hydrogen-bond donors (Lipinski definition) is 0. The Hall–Kier alpha value is -1.32. The molecule has 0 bridgehead atoms. The molecule has 0 unspecified atom stereocenters. The van der Waals surface area contributed by atoms with Gasteiger partial charge in [0.2, 0.25) is 0 Å². The highest BCUT2D eigenvalue weighted by Gasteiger charge is 2.52. The average Bonchev–Trinajstić information content (AvgIpc) is 2.46. The van der Waals surface area contributed by atoms with Crippen LogP contribution in [-0.2, 0) is 19.1 Å². The van der Waals surface area contributed by atoms with E-state index in [1.807, 2.05) is 0 Å². The van der Waals surface area contributed by atoms with Crippen molar-refractivity contribution in [1.29, 1.82) is 0 Å². The minimum Gasteiger partial charge on any atom is -0.465 e. The van der Waals surface area contributed by atoms with Gasteiger partial charge in [0.05, 0.1) is 6.61 Å². The normalized spacial score (nSPS) is 25.1. The van der Waals surface area contributed by atoms with Crippen LogP contribution < -0.4 is 0 Å². The molecule has 0 aromatic heterocycles. The van der Waals surface area contributed by atoms with Crippen LogP contribution in [0.1, 0.15) is 33.6 Å². The molecule has 0 spiro atoms. The van der Waals surface area contributed by atoms with Gasteiger partial charge in [-0.3, -0.25) is 9.59 Å². The van der Waals surface area contributed by atoms with Gasteiger partial charge >= 0.3 is 11.9 Å². The number of rotatable bonds is 3. The molecule has 1 aliphatic rings. The third-order valence-corrected chi connectivity index (χ3v) is 2.44. The number of esters is 2. The second kappa shape index (κ2) is 4.28. The highest BCUT2D eigenvalue weighted by atomic mass is 16.6. The molecule has 4 heteroatoms. The maximum atomic E-state index is 12.0. The SMILES string of the molecule is C=CC[C@@]1(C(=O)OC(C)(C)C)CCOC1=O. The summed E-state index contributed by atoms with van der Waals surface area (Å²) in [4.78, 5) is 23.7. The van der Waals surface area contributed by atoms with Crippen molar-refractivity contribution in [2.24, 2.45) is 5.41 Å². The van der Waals surface area contributed by atoms with Gasteiger partial charge in [0.25, 0.3) is 0 Å². The Kier molecular flexibility index (Phi) is 3.41. The van der Waals surface area contributed by atoms with Crippen molar-refractivity contribution in [3.05, 3.63) is 12.7 Å². The van der Waals surface area contributed by atoms with E-state index in [0.717, 1.165) is 0 Å². The summed E-state index contributed by atoms with van der Waals surface area (Å²) in [5.41, 5.74) is -1.77. The van der Waals surface area contributed by atoms with E-state index >= 15 is 0 Å². The fourth-order valence-corrected chi connectivity index (χ4v) is 1.63. The molecule has 0 aliphatic carbocycles. The van der Waals surface area contributed by atoms with E-state index in [4.69, 9.17) is 9.47 Å². The van der Waals surface area contributed by atoms with Crippen LogP contribution in [-0.4, -0.2) is 24.1 Å². The van der Waals surface area contributed by atoms with Crippen LogP contribution in [0.4, 0.5) is 0 Å². The van der Waals surface area contributed by atoms with E-state index in [1.165, 1.54) is 0 Å². The molecule has 4 nitrogen and oxygen atoms in total. The first-order valence-electron chi connectivity index (χ1n) is 5.33. The second-order valence-corrected chi connectivity index (χ2v) is 4.96.